The summed E-state index contributed by atoms with van der Waals surface area (Å²) in [5.74, 6) is -0.128. The molecule has 4 aromatic rings. The second kappa shape index (κ2) is 8.66. The summed E-state index contributed by atoms with van der Waals surface area (Å²) in [6, 6.07) is 39.7. The van der Waals surface area contributed by atoms with E-state index >= 15 is 0 Å². The van der Waals surface area contributed by atoms with E-state index in [2.05, 4.69) is 36.4 Å². The maximum Gasteiger partial charge on any atom is 0.205 e. The highest BCUT2D eigenvalue weighted by atomic mass is 35.5. The minimum Gasteiger partial charge on any atom is -0.288 e. The van der Waals surface area contributed by atoms with E-state index < -0.39 is 6.89 Å². The average molecular weight is 415 g/mol. The van der Waals surface area contributed by atoms with E-state index in [9.17, 15) is 4.79 Å². The van der Waals surface area contributed by atoms with E-state index in [1.165, 1.54) is 0 Å². The summed E-state index contributed by atoms with van der Waals surface area (Å²) in [4.78, 5) is 13.6. The highest BCUT2D eigenvalue weighted by Crippen LogP contribution is 2.47. The zero-order chi connectivity index (χ0) is 20.1. The van der Waals surface area contributed by atoms with E-state index in [1.54, 1.807) is 0 Å². The van der Waals surface area contributed by atoms with Crippen LogP contribution in [0.15, 0.2) is 121 Å². The molecule has 142 valence electrons. The van der Waals surface area contributed by atoms with Crippen molar-refractivity contribution in [2.24, 2.45) is 0 Å². The van der Waals surface area contributed by atoms with E-state index in [1.807, 2.05) is 84.9 Å². The Hall–Kier alpha value is -2.86. The third-order valence-corrected chi connectivity index (χ3v) is 9.89. The van der Waals surface area contributed by atoms with E-state index in [0.717, 1.165) is 15.9 Å². The zero-order valence-electron chi connectivity index (χ0n) is 15.8. The van der Waals surface area contributed by atoms with Crippen molar-refractivity contribution in [1.29, 1.82) is 0 Å². The van der Waals surface area contributed by atoms with Crippen LogP contribution in [0.4, 0.5) is 0 Å². The van der Waals surface area contributed by atoms with Gasteiger partial charge in [-0.1, -0.05) is 133 Å². The van der Waals surface area contributed by atoms with Gasteiger partial charge in [0.2, 0.25) is 5.78 Å². The molecule has 0 heterocycles. The van der Waals surface area contributed by atoms with Gasteiger partial charge in [-0.3, -0.25) is 4.79 Å². The van der Waals surface area contributed by atoms with Crippen LogP contribution in [0, 0.1) is 0 Å². The summed E-state index contributed by atoms with van der Waals surface area (Å²) in [5.41, 5.74) is 0.602. The summed E-state index contributed by atoms with van der Waals surface area (Å²) in [5, 5.41) is 3.19. The summed E-state index contributed by atoms with van der Waals surface area (Å²) < 4.78 is 0.368. The molecule has 29 heavy (non-hydrogen) atoms. The van der Waals surface area contributed by atoms with Crippen molar-refractivity contribution < 1.29 is 4.79 Å². The van der Waals surface area contributed by atoms with Gasteiger partial charge in [-0.05, 0) is 22.8 Å². The van der Waals surface area contributed by atoms with Crippen molar-refractivity contribution in [3.8, 4) is 0 Å². The van der Waals surface area contributed by atoms with Gasteiger partial charge < -0.3 is 0 Å². The molecule has 0 aliphatic rings. The molecule has 0 atom stereocenters. The normalized spacial score (nSPS) is 11.1. The van der Waals surface area contributed by atoms with Crippen molar-refractivity contribution in [2.45, 2.75) is 0 Å². The van der Waals surface area contributed by atoms with Gasteiger partial charge in [-0.25, -0.2) is 0 Å². The fraction of sp³-hybridized carbons (Fsp3) is 0. The van der Waals surface area contributed by atoms with Gasteiger partial charge in [0.25, 0.3) is 0 Å². The number of Topliss-reactive ketones (excluding diaryl/α,β-unsaturated/α-hetero) is 1. The zero-order valence-corrected chi connectivity index (χ0v) is 17.4. The lowest BCUT2D eigenvalue weighted by atomic mass is 10.2. The first kappa shape index (κ1) is 19.5. The fourth-order valence-corrected chi connectivity index (χ4v) is 8.46. The van der Waals surface area contributed by atoms with Crippen molar-refractivity contribution in [3.05, 3.63) is 127 Å². The van der Waals surface area contributed by atoms with E-state index in [4.69, 9.17) is 11.6 Å². The van der Waals surface area contributed by atoms with Crippen molar-refractivity contribution in [2.75, 3.05) is 0 Å². The fourth-order valence-electron chi connectivity index (χ4n) is 3.60. The first-order chi connectivity index (χ1) is 14.2. The lowest BCUT2D eigenvalue weighted by Gasteiger charge is -2.30. The summed E-state index contributed by atoms with van der Waals surface area (Å²) in [6.45, 7) is -2.53. The standard InChI is InChI=1S/C26H20ClOP/c27-26(25(28)21-13-5-1-6-14-21)29(22-15-7-2-8-16-22,23-17-9-3-10-18-23)24-19-11-4-12-20-24/h1-20H. The molecule has 1 nitrogen and oxygen atoms in total. The van der Waals surface area contributed by atoms with Crippen LogP contribution in [0.25, 0.3) is 0 Å². The second-order valence-corrected chi connectivity index (χ2v) is 10.6. The Balaban J connectivity index is 2.15. The molecule has 0 unspecified atom stereocenters. The van der Waals surface area contributed by atoms with E-state index in [0.29, 0.717) is 10.3 Å². The van der Waals surface area contributed by atoms with E-state index in [-0.39, 0.29) is 5.78 Å². The monoisotopic (exact) mass is 414 g/mol. The number of hydrogen-bond acceptors (Lipinski definition) is 1. The molecule has 0 N–H and O–H groups in total. The number of ketones is 1. The summed E-state index contributed by atoms with van der Waals surface area (Å²) in [6.07, 6.45) is 0. The summed E-state index contributed by atoms with van der Waals surface area (Å²) >= 11 is 7.11. The van der Waals surface area contributed by atoms with Crippen molar-refractivity contribution in [3.63, 3.8) is 0 Å². The predicted molar refractivity (Wildman–Crippen MR) is 127 cm³/mol. The topological polar surface area (TPSA) is 17.1 Å². The Morgan fingerprint density at radius 1 is 0.517 bits per heavy atom. The molecule has 0 bridgehead atoms. The van der Waals surface area contributed by atoms with Gasteiger partial charge in [0.15, 0.2) is 0 Å². The molecule has 0 aliphatic heterocycles. The Bertz CT molecular complexity index is 1050. The van der Waals surface area contributed by atoms with Crippen molar-refractivity contribution >= 4 is 44.9 Å². The smallest absolute Gasteiger partial charge is 0.205 e. The molecule has 0 radical (unpaired) electrons. The lowest BCUT2D eigenvalue weighted by Crippen LogP contribution is -2.31. The van der Waals surface area contributed by atoms with Crippen LogP contribution in [0.3, 0.4) is 0 Å². The first-order valence-corrected chi connectivity index (χ1v) is 11.6. The molecule has 4 rings (SSSR count). The molecule has 0 fully saturated rings. The molecular formula is C26H20ClOP. The third-order valence-electron chi connectivity index (χ3n) is 4.95. The van der Waals surface area contributed by atoms with Gasteiger partial charge >= 0.3 is 0 Å². The molecule has 0 saturated carbocycles. The quantitative estimate of drug-likeness (QED) is 0.323. The van der Waals surface area contributed by atoms with Gasteiger partial charge in [0.1, 0.15) is 0 Å². The van der Waals surface area contributed by atoms with Crippen LogP contribution >= 0.6 is 18.5 Å². The number of hydrogen-bond donors (Lipinski definition) is 0. The maximum atomic E-state index is 13.6. The molecule has 0 saturated heterocycles. The SMILES string of the molecule is O=C(C(Cl)=P(c1ccccc1)(c1ccccc1)c1ccccc1)c1ccccc1. The Kier molecular flexibility index (Phi) is 5.81. The van der Waals surface area contributed by atoms with Gasteiger partial charge in [-0.15, -0.1) is 0 Å². The predicted octanol–water partition coefficient (Wildman–Crippen LogP) is 5.23. The minimum atomic E-state index is -2.53. The minimum absolute atomic E-state index is 0.128. The van der Waals surface area contributed by atoms with Gasteiger partial charge in [0.05, 0.1) is 4.75 Å². The number of halogens is 1. The molecule has 0 aromatic heterocycles. The summed E-state index contributed by atoms with van der Waals surface area (Å²) in [7, 11) is 0. The van der Waals surface area contributed by atoms with Crippen LogP contribution in [0.2, 0.25) is 0 Å². The lowest BCUT2D eigenvalue weighted by molar-refractivity contribution is 0.107. The van der Waals surface area contributed by atoms with Crippen LogP contribution < -0.4 is 15.9 Å². The molecular weight excluding hydrogens is 395 g/mol. The first-order valence-electron chi connectivity index (χ1n) is 9.43. The largest absolute Gasteiger partial charge is 0.288 e. The average Bonchev–Trinajstić information content (AvgIpc) is 2.82. The van der Waals surface area contributed by atoms with Crippen LogP contribution in [0.1, 0.15) is 10.4 Å². The number of carbonyl (C=O) groups excluding carboxylic acids is 1. The van der Waals surface area contributed by atoms with Crippen LogP contribution in [0.5, 0.6) is 0 Å². The maximum absolute atomic E-state index is 13.6. The number of carbonyl (C=O) groups is 1. The Morgan fingerprint density at radius 2 is 0.828 bits per heavy atom. The highest BCUT2D eigenvalue weighted by Gasteiger charge is 2.32. The van der Waals surface area contributed by atoms with Crippen molar-refractivity contribution in [1.82, 2.24) is 0 Å². The Morgan fingerprint density at radius 3 is 1.17 bits per heavy atom. The van der Waals surface area contributed by atoms with Gasteiger partial charge in [0, 0.05) is 5.56 Å². The highest BCUT2D eigenvalue weighted by molar-refractivity contribution is 7.98. The van der Waals surface area contributed by atoms with Gasteiger partial charge in [-0.2, -0.15) is 0 Å². The third kappa shape index (κ3) is 3.60. The molecule has 4 aromatic carbocycles. The molecule has 3 heteroatoms. The second-order valence-electron chi connectivity index (χ2n) is 6.66. The molecule has 0 aliphatic carbocycles. The number of benzene rings is 4. The van der Waals surface area contributed by atoms with Crippen LogP contribution in [-0.4, -0.2) is 10.5 Å². The number of rotatable bonds is 5. The van der Waals surface area contributed by atoms with Crippen LogP contribution in [-0.2, 0) is 0 Å². The Labute approximate surface area is 176 Å². The molecule has 0 spiro atoms. The molecule has 0 amide bonds.